The van der Waals surface area contributed by atoms with Crippen molar-refractivity contribution in [3.05, 3.63) is 35.4 Å². The molecule has 2 nitrogen and oxygen atoms in total. The van der Waals surface area contributed by atoms with E-state index in [1.54, 1.807) is 4.90 Å². The first-order chi connectivity index (χ1) is 6.53. The average Bonchev–Trinajstić information content (AvgIpc) is 2.15. The molecule has 0 N–H and O–H groups in total. The van der Waals surface area contributed by atoms with E-state index in [0.717, 1.165) is 6.54 Å². The van der Waals surface area contributed by atoms with E-state index in [-0.39, 0.29) is 11.3 Å². The minimum absolute atomic E-state index is 0.205. The van der Waals surface area contributed by atoms with E-state index in [1.807, 2.05) is 33.0 Å². The van der Waals surface area contributed by atoms with Crippen LogP contribution in [0, 0.1) is 0 Å². The van der Waals surface area contributed by atoms with Crippen LogP contribution >= 0.6 is 0 Å². The van der Waals surface area contributed by atoms with Crippen molar-refractivity contribution in [3.8, 4) is 0 Å². The van der Waals surface area contributed by atoms with Gasteiger partial charge in [-0.2, -0.15) is 0 Å². The Kier molecular flexibility index (Phi) is 1.88. The second-order valence-corrected chi connectivity index (χ2v) is 4.44. The normalized spacial score (nSPS) is 19.4. The molecule has 0 radical (unpaired) electrons. The summed E-state index contributed by atoms with van der Waals surface area (Å²) in [6, 6.07) is 8.18. The number of likely N-dealkylation sites (N-methyl/N-ethyl adjacent to an activating group) is 1. The summed E-state index contributed by atoms with van der Waals surface area (Å²) < 4.78 is 0. The van der Waals surface area contributed by atoms with Gasteiger partial charge in [-0.15, -0.1) is 0 Å². The van der Waals surface area contributed by atoms with Gasteiger partial charge in [0.05, 0.1) is 5.41 Å². The van der Waals surface area contributed by atoms with Gasteiger partial charge in [0, 0.05) is 13.6 Å². The van der Waals surface area contributed by atoms with Crippen LogP contribution in [0.15, 0.2) is 24.3 Å². The third-order valence-electron chi connectivity index (χ3n) is 2.98. The van der Waals surface area contributed by atoms with Gasteiger partial charge in [-0.25, -0.2) is 0 Å². The van der Waals surface area contributed by atoms with E-state index in [0.29, 0.717) is 0 Å². The highest BCUT2D eigenvalue weighted by Gasteiger charge is 2.37. The maximum atomic E-state index is 11.9. The highest BCUT2D eigenvalue weighted by atomic mass is 16.2. The molecule has 1 aromatic carbocycles. The zero-order valence-corrected chi connectivity index (χ0v) is 8.87. The average molecular weight is 189 g/mol. The van der Waals surface area contributed by atoms with E-state index in [2.05, 4.69) is 12.1 Å². The first kappa shape index (κ1) is 9.25. The smallest absolute Gasteiger partial charge is 0.232 e. The topological polar surface area (TPSA) is 20.3 Å². The molecule has 2 heteroatoms. The summed E-state index contributed by atoms with van der Waals surface area (Å²) in [5.74, 6) is 0.205. The predicted molar refractivity (Wildman–Crippen MR) is 55.9 cm³/mol. The van der Waals surface area contributed by atoms with Crippen molar-refractivity contribution in [2.24, 2.45) is 0 Å². The van der Waals surface area contributed by atoms with Gasteiger partial charge in [0.15, 0.2) is 0 Å². The Morgan fingerprint density at radius 2 is 1.93 bits per heavy atom. The van der Waals surface area contributed by atoms with Crippen LogP contribution < -0.4 is 0 Å². The molecule has 0 fully saturated rings. The quantitative estimate of drug-likeness (QED) is 0.610. The first-order valence-electron chi connectivity index (χ1n) is 4.87. The van der Waals surface area contributed by atoms with E-state index < -0.39 is 0 Å². The van der Waals surface area contributed by atoms with Crippen molar-refractivity contribution in [2.75, 3.05) is 7.05 Å². The zero-order chi connectivity index (χ0) is 10.3. The molecule has 1 aromatic rings. The summed E-state index contributed by atoms with van der Waals surface area (Å²) in [5, 5.41) is 0. The van der Waals surface area contributed by atoms with Crippen molar-refractivity contribution >= 4 is 5.91 Å². The Morgan fingerprint density at radius 3 is 2.64 bits per heavy atom. The van der Waals surface area contributed by atoms with Crippen LogP contribution in [0.1, 0.15) is 25.0 Å². The van der Waals surface area contributed by atoms with Crippen molar-refractivity contribution in [1.82, 2.24) is 4.90 Å². The highest BCUT2D eigenvalue weighted by molar-refractivity contribution is 5.89. The number of hydrogen-bond acceptors (Lipinski definition) is 1. The second kappa shape index (κ2) is 2.84. The van der Waals surface area contributed by atoms with Crippen molar-refractivity contribution in [3.63, 3.8) is 0 Å². The van der Waals surface area contributed by atoms with Crippen LogP contribution in [0.4, 0.5) is 0 Å². The van der Waals surface area contributed by atoms with E-state index in [1.165, 1.54) is 11.1 Å². The van der Waals surface area contributed by atoms with Crippen LogP contribution in [-0.4, -0.2) is 17.9 Å². The summed E-state index contributed by atoms with van der Waals surface area (Å²) in [5.41, 5.74) is 2.06. The fraction of sp³-hybridized carbons (Fsp3) is 0.417. The minimum Gasteiger partial charge on any atom is -0.341 e. The summed E-state index contributed by atoms with van der Waals surface area (Å²) in [4.78, 5) is 13.7. The minimum atomic E-state index is -0.371. The lowest BCUT2D eigenvalue weighted by atomic mass is 9.78. The van der Waals surface area contributed by atoms with Gasteiger partial charge in [0.2, 0.25) is 5.91 Å². The number of carbonyl (C=O) groups is 1. The number of carbonyl (C=O) groups excluding carboxylic acids is 1. The molecule has 0 bridgehead atoms. The molecule has 14 heavy (non-hydrogen) atoms. The molecule has 1 aliphatic rings. The number of nitrogens with zero attached hydrogens (tertiary/aromatic N) is 1. The van der Waals surface area contributed by atoms with Crippen LogP contribution in [0.25, 0.3) is 0 Å². The molecule has 1 aliphatic heterocycles. The van der Waals surface area contributed by atoms with E-state index >= 15 is 0 Å². The summed E-state index contributed by atoms with van der Waals surface area (Å²) >= 11 is 0. The third kappa shape index (κ3) is 1.14. The van der Waals surface area contributed by atoms with Gasteiger partial charge < -0.3 is 4.90 Å². The molecule has 0 spiro atoms. The van der Waals surface area contributed by atoms with Crippen LogP contribution in [0.5, 0.6) is 0 Å². The molecule has 74 valence electrons. The van der Waals surface area contributed by atoms with Gasteiger partial charge in [0.1, 0.15) is 0 Å². The van der Waals surface area contributed by atoms with Crippen molar-refractivity contribution < 1.29 is 4.79 Å². The Labute approximate surface area is 84.5 Å². The number of rotatable bonds is 0. The number of benzene rings is 1. The second-order valence-electron chi connectivity index (χ2n) is 4.44. The highest BCUT2D eigenvalue weighted by Crippen LogP contribution is 2.33. The molecule has 0 unspecified atom stereocenters. The van der Waals surface area contributed by atoms with Crippen molar-refractivity contribution in [2.45, 2.75) is 25.8 Å². The molecular formula is C12H15NO. The maximum absolute atomic E-state index is 11.9. The number of fused-ring (bicyclic) bond motifs is 1. The molecule has 0 aliphatic carbocycles. The summed E-state index contributed by atoms with van der Waals surface area (Å²) in [6.07, 6.45) is 0. The molecule has 1 heterocycles. The molecular weight excluding hydrogens is 174 g/mol. The van der Waals surface area contributed by atoms with Crippen LogP contribution in [-0.2, 0) is 16.8 Å². The number of amides is 1. The standard InChI is InChI=1S/C12H15NO/c1-12(2)10-7-5-4-6-9(10)8-13(3)11(12)14/h4-7H,8H2,1-3H3. The third-order valence-corrected chi connectivity index (χ3v) is 2.98. The van der Waals surface area contributed by atoms with Gasteiger partial charge in [-0.3, -0.25) is 4.79 Å². The van der Waals surface area contributed by atoms with Gasteiger partial charge in [-0.05, 0) is 25.0 Å². The Bertz CT molecular complexity index is 382. The molecule has 0 atom stereocenters. The fourth-order valence-electron chi connectivity index (χ4n) is 2.19. The summed E-state index contributed by atoms with van der Waals surface area (Å²) in [7, 11) is 1.86. The largest absolute Gasteiger partial charge is 0.341 e. The number of hydrogen-bond donors (Lipinski definition) is 0. The molecule has 0 saturated heterocycles. The molecule has 0 aromatic heterocycles. The maximum Gasteiger partial charge on any atom is 0.232 e. The first-order valence-corrected chi connectivity index (χ1v) is 4.87. The van der Waals surface area contributed by atoms with Gasteiger partial charge in [-0.1, -0.05) is 24.3 Å². The fourth-order valence-corrected chi connectivity index (χ4v) is 2.19. The van der Waals surface area contributed by atoms with Crippen LogP contribution in [0.2, 0.25) is 0 Å². The Morgan fingerprint density at radius 1 is 1.29 bits per heavy atom. The Hall–Kier alpha value is -1.31. The lowest BCUT2D eigenvalue weighted by Gasteiger charge is -2.36. The predicted octanol–water partition coefficient (Wildman–Crippen LogP) is 1.94. The molecule has 0 saturated carbocycles. The van der Waals surface area contributed by atoms with E-state index in [4.69, 9.17) is 0 Å². The Balaban J connectivity index is 2.60. The zero-order valence-electron chi connectivity index (χ0n) is 8.87. The lowest BCUT2D eigenvalue weighted by Crippen LogP contribution is -2.45. The van der Waals surface area contributed by atoms with E-state index in [9.17, 15) is 4.79 Å². The van der Waals surface area contributed by atoms with Crippen LogP contribution in [0.3, 0.4) is 0 Å². The SMILES string of the molecule is CN1Cc2ccccc2C(C)(C)C1=O. The van der Waals surface area contributed by atoms with Gasteiger partial charge >= 0.3 is 0 Å². The monoisotopic (exact) mass is 189 g/mol. The van der Waals surface area contributed by atoms with Gasteiger partial charge in [0.25, 0.3) is 0 Å². The van der Waals surface area contributed by atoms with Crippen molar-refractivity contribution in [1.29, 1.82) is 0 Å². The molecule has 2 rings (SSSR count). The lowest BCUT2D eigenvalue weighted by molar-refractivity contribution is -0.136. The molecule has 1 amide bonds. The summed E-state index contributed by atoms with van der Waals surface area (Å²) in [6.45, 7) is 4.71.